The van der Waals surface area contributed by atoms with E-state index in [1.807, 2.05) is 75.4 Å². The van der Waals surface area contributed by atoms with Crippen molar-refractivity contribution in [1.29, 1.82) is 0 Å². The molecule has 0 unspecified atom stereocenters. The minimum atomic E-state index is -3.62. The van der Waals surface area contributed by atoms with Gasteiger partial charge in [0.05, 0.1) is 17.5 Å². The minimum absolute atomic E-state index is 0.0621. The smallest absolute Gasteiger partial charge is 0.410 e. The monoisotopic (exact) mass is 732 g/mol. The number of piperidine rings is 2. The molecule has 0 aliphatic carbocycles. The fraction of sp³-hybridized carbons (Fsp3) is 0.450. The SMILES string of the molecule is C=C(C)[C@@H]1C[C@H]2CN(S(=O)(=O)C3CCN(C(=O)OCc4ccccc4)CC3)CC[C@H]2O[C@H]1c1cc(Oc2ccc(C)c(C)c2)ccc1OCC(=O)O. The van der Waals surface area contributed by atoms with Crippen LogP contribution in [0.1, 0.15) is 61.0 Å². The Morgan fingerprint density at radius 3 is 2.35 bits per heavy atom. The molecule has 3 aromatic carbocycles. The molecular weight excluding hydrogens is 685 g/mol. The predicted molar refractivity (Wildman–Crippen MR) is 196 cm³/mol. The minimum Gasteiger partial charge on any atom is -0.482 e. The summed E-state index contributed by atoms with van der Waals surface area (Å²) in [5, 5.41) is 8.80. The van der Waals surface area contributed by atoms with Crippen LogP contribution in [0.15, 0.2) is 78.9 Å². The number of carboxylic acid groups (broad SMARTS) is 1. The van der Waals surface area contributed by atoms with Gasteiger partial charge in [-0.2, -0.15) is 0 Å². The molecular formula is C40H48N2O9S. The maximum absolute atomic E-state index is 14.0. The van der Waals surface area contributed by atoms with E-state index in [0.29, 0.717) is 74.7 Å². The molecule has 3 aliphatic heterocycles. The fourth-order valence-corrected chi connectivity index (χ4v) is 9.44. The van der Waals surface area contributed by atoms with Gasteiger partial charge in [0, 0.05) is 37.7 Å². The van der Waals surface area contributed by atoms with Crippen molar-refractivity contribution in [3.8, 4) is 17.2 Å². The van der Waals surface area contributed by atoms with E-state index in [0.717, 1.165) is 22.3 Å². The topological polar surface area (TPSA) is 132 Å². The van der Waals surface area contributed by atoms with Crippen molar-refractivity contribution in [2.24, 2.45) is 11.8 Å². The van der Waals surface area contributed by atoms with Crippen LogP contribution in [-0.4, -0.2) is 78.9 Å². The number of amides is 1. The maximum Gasteiger partial charge on any atom is 0.410 e. The van der Waals surface area contributed by atoms with Crippen molar-refractivity contribution in [3.63, 3.8) is 0 Å². The predicted octanol–water partition coefficient (Wildman–Crippen LogP) is 7.03. The van der Waals surface area contributed by atoms with Crippen molar-refractivity contribution in [3.05, 3.63) is 101 Å². The Labute approximate surface area is 306 Å². The molecule has 3 fully saturated rings. The lowest BCUT2D eigenvalue weighted by Gasteiger charge is -2.47. The largest absolute Gasteiger partial charge is 0.482 e. The highest BCUT2D eigenvalue weighted by molar-refractivity contribution is 7.89. The number of carbonyl (C=O) groups is 2. The highest BCUT2D eigenvalue weighted by Crippen LogP contribution is 2.48. The Morgan fingerprint density at radius 1 is 0.942 bits per heavy atom. The van der Waals surface area contributed by atoms with Crippen molar-refractivity contribution in [1.82, 2.24) is 9.21 Å². The number of ether oxygens (including phenoxy) is 4. The zero-order chi connectivity index (χ0) is 37.0. The summed E-state index contributed by atoms with van der Waals surface area (Å²) in [6.45, 7) is 11.2. The van der Waals surface area contributed by atoms with Gasteiger partial charge in [0.2, 0.25) is 10.0 Å². The van der Waals surface area contributed by atoms with E-state index >= 15 is 0 Å². The molecule has 3 heterocycles. The summed E-state index contributed by atoms with van der Waals surface area (Å²) >= 11 is 0. The summed E-state index contributed by atoms with van der Waals surface area (Å²) in [6.07, 6.45) is 0.699. The second-order valence-electron chi connectivity index (χ2n) is 14.2. The highest BCUT2D eigenvalue weighted by atomic mass is 32.2. The molecule has 6 rings (SSSR count). The summed E-state index contributed by atoms with van der Waals surface area (Å²) in [7, 11) is -3.62. The number of nitrogens with zero attached hydrogens (tertiary/aromatic N) is 2. The van der Waals surface area contributed by atoms with Gasteiger partial charge in [0.15, 0.2) is 6.61 Å². The van der Waals surface area contributed by atoms with Crippen molar-refractivity contribution >= 4 is 22.1 Å². The van der Waals surface area contributed by atoms with Crippen LogP contribution in [0.5, 0.6) is 17.2 Å². The summed E-state index contributed by atoms with van der Waals surface area (Å²) in [4.78, 5) is 25.7. The average Bonchev–Trinajstić information content (AvgIpc) is 3.14. The first-order valence-electron chi connectivity index (χ1n) is 17.9. The molecule has 0 aromatic heterocycles. The molecule has 0 spiro atoms. The van der Waals surface area contributed by atoms with Gasteiger partial charge < -0.3 is 29.0 Å². The number of sulfonamides is 1. The van der Waals surface area contributed by atoms with Crippen molar-refractivity contribution in [2.75, 3.05) is 32.8 Å². The number of fused-ring (bicyclic) bond motifs is 1. The Hall–Kier alpha value is -4.39. The third-order valence-corrected chi connectivity index (χ3v) is 12.9. The van der Waals surface area contributed by atoms with Gasteiger partial charge in [-0.25, -0.2) is 22.3 Å². The lowest BCUT2D eigenvalue weighted by Crippen LogP contribution is -2.54. The van der Waals surface area contributed by atoms with Gasteiger partial charge in [-0.15, -0.1) is 0 Å². The maximum atomic E-state index is 14.0. The lowest BCUT2D eigenvalue weighted by atomic mass is 9.76. The molecule has 0 saturated carbocycles. The van der Waals surface area contributed by atoms with E-state index in [1.165, 1.54) is 0 Å². The zero-order valence-electron chi connectivity index (χ0n) is 30.0. The van der Waals surface area contributed by atoms with Gasteiger partial charge in [0.1, 0.15) is 23.9 Å². The molecule has 3 aliphatic rings. The molecule has 1 N–H and O–H groups in total. The molecule has 3 saturated heterocycles. The van der Waals surface area contributed by atoms with E-state index in [4.69, 9.17) is 18.9 Å². The van der Waals surface area contributed by atoms with E-state index < -0.39 is 40.0 Å². The Balaban J connectivity index is 1.13. The molecule has 0 radical (unpaired) electrons. The van der Waals surface area contributed by atoms with Crippen molar-refractivity contribution < 1.29 is 42.1 Å². The van der Waals surface area contributed by atoms with Gasteiger partial charge in [-0.3, -0.25) is 0 Å². The molecule has 12 heteroatoms. The Bertz CT molecular complexity index is 1870. The van der Waals surface area contributed by atoms with Gasteiger partial charge in [-0.05, 0) is 99.4 Å². The molecule has 4 atom stereocenters. The quantitative estimate of drug-likeness (QED) is 0.206. The number of hydrogen-bond acceptors (Lipinski definition) is 8. The third kappa shape index (κ3) is 8.62. The molecule has 1 amide bonds. The van der Waals surface area contributed by atoms with Crippen LogP contribution < -0.4 is 9.47 Å². The van der Waals surface area contributed by atoms with Crippen molar-refractivity contribution in [2.45, 2.75) is 70.5 Å². The number of benzene rings is 3. The second kappa shape index (κ2) is 16.1. The number of carboxylic acids is 1. The first-order valence-corrected chi connectivity index (χ1v) is 19.4. The molecule has 11 nitrogen and oxygen atoms in total. The molecule has 0 bridgehead atoms. The first-order chi connectivity index (χ1) is 24.9. The zero-order valence-corrected chi connectivity index (χ0v) is 30.8. The fourth-order valence-electron chi connectivity index (χ4n) is 7.45. The normalized spacial score (nSPS) is 22.6. The number of rotatable bonds is 11. The molecule has 52 heavy (non-hydrogen) atoms. The highest BCUT2D eigenvalue weighted by Gasteiger charge is 2.46. The Morgan fingerprint density at radius 2 is 1.65 bits per heavy atom. The van der Waals surface area contributed by atoms with E-state index in [9.17, 15) is 23.1 Å². The van der Waals surface area contributed by atoms with Crippen LogP contribution in [0, 0.1) is 25.7 Å². The van der Waals surface area contributed by atoms with E-state index in [2.05, 4.69) is 6.58 Å². The number of aliphatic carboxylic acids is 1. The van der Waals surface area contributed by atoms with Crippen LogP contribution in [0.3, 0.4) is 0 Å². The summed E-state index contributed by atoms with van der Waals surface area (Å²) in [5.74, 6) is 0.288. The van der Waals surface area contributed by atoms with Gasteiger partial charge in [-0.1, -0.05) is 48.6 Å². The van der Waals surface area contributed by atoms with Gasteiger partial charge >= 0.3 is 12.1 Å². The van der Waals surface area contributed by atoms with E-state index in [1.54, 1.807) is 21.3 Å². The Kier molecular flexibility index (Phi) is 11.6. The van der Waals surface area contributed by atoms with Crippen LogP contribution in [0.2, 0.25) is 0 Å². The number of hydrogen-bond donors (Lipinski definition) is 1. The van der Waals surface area contributed by atoms with Crippen LogP contribution in [-0.2, 0) is 30.9 Å². The third-order valence-electron chi connectivity index (χ3n) is 10.5. The number of carbonyl (C=O) groups excluding carboxylic acids is 1. The summed E-state index contributed by atoms with van der Waals surface area (Å²) < 4.78 is 53.8. The van der Waals surface area contributed by atoms with E-state index in [-0.39, 0.29) is 24.5 Å². The summed E-state index contributed by atoms with van der Waals surface area (Å²) in [6, 6.07) is 20.6. The van der Waals surface area contributed by atoms with Crippen LogP contribution >= 0.6 is 0 Å². The van der Waals surface area contributed by atoms with Crippen LogP contribution in [0.4, 0.5) is 4.79 Å². The van der Waals surface area contributed by atoms with Crippen LogP contribution in [0.25, 0.3) is 0 Å². The summed E-state index contributed by atoms with van der Waals surface area (Å²) in [5.41, 5.74) is 4.69. The first kappa shape index (κ1) is 37.4. The lowest BCUT2D eigenvalue weighted by molar-refractivity contribution is -0.139. The molecule has 278 valence electrons. The number of likely N-dealkylation sites (tertiary alicyclic amines) is 1. The second-order valence-corrected chi connectivity index (χ2v) is 16.4. The van der Waals surface area contributed by atoms with Gasteiger partial charge in [0.25, 0.3) is 0 Å². The number of aryl methyl sites for hydroxylation is 2. The molecule has 3 aromatic rings. The standard InChI is InChI=1S/C40H48N2O9S/c1-26(2)34-21-30-23-42(52(46,47)33-14-17-41(18-15-33)40(45)49-24-29-8-6-5-7-9-29)19-16-36(30)51-39(34)35-22-32(12-13-37(35)48-25-38(43)44)50-31-11-10-27(3)28(4)20-31/h5-13,20,22,30,33-34,36,39H,1,14-19,21,23-25H2,2-4H3,(H,43,44)/t30-,34-,36+,39+/m0/s1. The average molecular weight is 733 g/mol.